The molecule has 0 radical (unpaired) electrons. The third-order valence-electron chi connectivity index (χ3n) is 4.77. The molecule has 154 valence electrons. The lowest BCUT2D eigenvalue weighted by molar-refractivity contribution is 0.0785. The van der Waals surface area contributed by atoms with Gasteiger partial charge in [0, 0.05) is 32.2 Å². The van der Waals surface area contributed by atoms with Crippen LogP contribution < -0.4 is 0 Å². The van der Waals surface area contributed by atoms with Gasteiger partial charge in [-0.15, -0.1) is 11.3 Å². The molecule has 5 nitrogen and oxygen atoms in total. The molecule has 0 N–H and O–H groups in total. The van der Waals surface area contributed by atoms with Crippen LogP contribution in [0.5, 0.6) is 0 Å². The lowest BCUT2D eigenvalue weighted by Crippen LogP contribution is -2.22. The van der Waals surface area contributed by atoms with Crippen molar-refractivity contribution in [3.8, 4) is 10.7 Å². The number of thiazole rings is 1. The number of carbonyl (C=O) groups excluding carboxylic acids is 1. The Morgan fingerprint density at radius 1 is 1.29 bits per heavy atom. The second kappa shape index (κ2) is 8.20. The van der Waals surface area contributed by atoms with Crippen LogP contribution in [0.3, 0.4) is 0 Å². The van der Waals surface area contributed by atoms with Crippen LogP contribution in [0.15, 0.2) is 6.20 Å². The first kappa shape index (κ1) is 21.4. The molecule has 7 heteroatoms. The van der Waals surface area contributed by atoms with Gasteiger partial charge in [-0.25, -0.2) is 9.67 Å². The number of fused-ring (bicyclic) bond motifs is 1. The normalized spacial score (nSPS) is 14.5. The number of aryl methyl sites for hydroxylation is 2. The molecule has 2 heterocycles. The standard InChI is InChI=1S/C21H33N3O2SSi/c1-21(2,3)12-17(25)15-13-24(14-26-10-11-28(4,5)6)23-19(15)20-22-16-8-7-9-18(16)27-20/h13H,7-12,14H2,1-6H3. The smallest absolute Gasteiger partial charge is 0.167 e. The van der Waals surface area contributed by atoms with Crippen molar-refractivity contribution in [2.45, 2.75) is 78.9 Å². The van der Waals surface area contributed by atoms with Crippen molar-refractivity contribution in [1.82, 2.24) is 14.8 Å². The van der Waals surface area contributed by atoms with E-state index in [1.165, 1.54) is 17.0 Å². The molecule has 0 saturated carbocycles. The molecular weight excluding hydrogens is 386 g/mol. The minimum absolute atomic E-state index is 0.0606. The summed E-state index contributed by atoms with van der Waals surface area (Å²) in [5.41, 5.74) is 2.53. The van der Waals surface area contributed by atoms with Gasteiger partial charge in [0.15, 0.2) is 5.78 Å². The maximum Gasteiger partial charge on any atom is 0.167 e. The van der Waals surface area contributed by atoms with E-state index in [4.69, 9.17) is 14.8 Å². The summed E-state index contributed by atoms with van der Waals surface area (Å²) >= 11 is 1.70. The van der Waals surface area contributed by atoms with E-state index in [2.05, 4.69) is 40.4 Å². The minimum Gasteiger partial charge on any atom is -0.360 e. The molecule has 3 rings (SSSR count). The Bertz CT molecular complexity index is 821. The molecule has 0 fully saturated rings. The van der Waals surface area contributed by atoms with E-state index in [1.807, 2.05) is 6.20 Å². The van der Waals surface area contributed by atoms with Gasteiger partial charge in [-0.05, 0) is 30.7 Å². The van der Waals surface area contributed by atoms with Crippen LogP contribution in [0.2, 0.25) is 25.7 Å². The van der Waals surface area contributed by atoms with Crippen molar-refractivity contribution in [3.63, 3.8) is 0 Å². The highest BCUT2D eigenvalue weighted by Crippen LogP contribution is 2.35. The van der Waals surface area contributed by atoms with E-state index < -0.39 is 8.07 Å². The fraction of sp³-hybridized carbons (Fsp3) is 0.667. The molecule has 0 spiro atoms. The first-order valence-corrected chi connectivity index (χ1v) is 14.7. The predicted molar refractivity (Wildman–Crippen MR) is 118 cm³/mol. The van der Waals surface area contributed by atoms with Crippen molar-refractivity contribution >= 4 is 25.2 Å². The monoisotopic (exact) mass is 419 g/mol. The summed E-state index contributed by atoms with van der Waals surface area (Å²) in [5, 5.41) is 5.59. The highest BCUT2D eigenvalue weighted by molar-refractivity contribution is 7.15. The first-order valence-electron chi connectivity index (χ1n) is 10.2. The van der Waals surface area contributed by atoms with Crippen molar-refractivity contribution in [1.29, 1.82) is 0 Å². The number of Topliss-reactive ketones (excluding diaryl/α,β-unsaturated/α-hetero) is 1. The molecule has 0 aromatic carbocycles. The maximum atomic E-state index is 13.0. The lowest BCUT2D eigenvalue weighted by Gasteiger charge is -2.16. The Morgan fingerprint density at radius 3 is 2.68 bits per heavy atom. The van der Waals surface area contributed by atoms with Gasteiger partial charge in [0.05, 0.1) is 11.3 Å². The SMILES string of the molecule is CC(C)(C)CC(=O)c1cn(COCC[Si](C)(C)C)nc1-c1nc2c(s1)CCC2. The van der Waals surface area contributed by atoms with Gasteiger partial charge in [-0.1, -0.05) is 40.4 Å². The topological polar surface area (TPSA) is 57.0 Å². The number of ketones is 1. The number of carbonyl (C=O) groups is 1. The Hall–Kier alpha value is -1.31. The van der Waals surface area contributed by atoms with Gasteiger partial charge < -0.3 is 4.74 Å². The summed E-state index contributed by atoms with van der Waals surface area (Å²) < 4.78 is 7.61. The molecule has 0 unspecified atom stereocenters. The Kier molecular flexibility index (Phi) is 6.27. The van der Waals surface area contributed by atoms with Crippen molar-refractivity contribution in [2.24, 2.45) is 5.41 Å². The summed E-state index contributed by atoms with van der Waals surface area (Å²) in [5.74, 6) is 0.131. The van der Waals surface area contributed by atoms with Gasteiger partial charge in [0.1, 0.15) is 17.4 Å². The van der Waals surface area contributed by atoms with Crippen LogP contribution in [-0.2, 0) is 24.3 Å². The van der Waals surface area contributed by atoms with E-state index in [9.17, 15) is 4.79 Å². The predicted octanol–water partition coefficient (Wildman–Crippen LogP) is 5.43. The summed E-state index contributed by atoms with van der Waals surface area (Å²) in [7, 11) is -1.12. The maximum absolute atomic E-state index is 13.0. The Balaban J connectivity index is 1.81. The van der Waals surface area contributed by atoms with E-state index in [1.54, 1.807) is 16.0 Å². The molecular formula is C21H33N3O2SSi. The van der Waals surface area contributed by atoms with Gasteiger partial charge in [-0.3, -0.25) is 4.79 Å². The lowest BCUT2D eigenvalue weighted by atomic mass is 9.88. The zero-order valence-corrected chi connectivity index (χ0v) is 19.9. The molecule has 1 aliphatic carbocycles. The summed E-state index contributed by atoms with van der Waals surface area (Å²) in [6.07, 6.45) is 5.66. The van der Waals surface area contributed by atoms with Gasteiger partial charge in [0.25, 0.3) is 0 Å². The third-order valence-corrected chi connectivity index (χ3v) is 7.64. The Morgan fingerprint density at radius 2 is 2.04 bits per heavy atom. The van der Waals surface area contributed by atoms with Gasteiger partial charge >= 0.3 is 0 Å². The average molecular weight is 420 g/mol. The van der Waals surface area contributed by atoms with Crippen LogP contribution in [-0.4, -0.2) is 35.2 Å². The fourth-order valence-corrected chi connectivity index (χ4v) is 5.16. The second-order valence-electron chi connectivity index (χ2n) is 10.2. The van der Waals surface area contributed by atoms with Crippen molar-refractivity contribution in [3.05, 3.63) is 22.3 Å². The number of ether oxygens (including phenoxy) is 1. The van der Waals surface area contributed by atoms with E-state index in [-0.39, 0.29) is 11.2 Å². The first-order chi connectivity index (χ1) is 13.0. The van der Waals surface area contributed by atoms with E-state index in [0.717, 1.165) is 36.2 Å². The molecule has 0 aliphatic heterocycles. The van der Waals surface area contributed by atoms with E-state index in [0.29, 0.717) is 18.7 Å². The number of nitrogens with zero attached hydrogens (tertiary/aromatic N) is 3. The molecule has 0 bridgehead atoms. The summed E-state index contributed by atoms with van der Waals surface area (Å²) in [6, 6.07) is 1.12. The minimum atomic E-state index is -1.12. The highest BCUT2D eigenvalue weighted by Gasteiger charge is 2.26. The average Bonchev–Trinajstić information content (AvgIpc) is 3.22. The third kappa shape index (κ3) is 5.61. The molecule has 0 atom stereocenters. The van der Waals surface area contributed by atoms with Crippen molar-refractivity contribution < 1.29 is 9.53 Å². The summed E-state index contributed by atoms with van der Waals surface area (Å²) in [4.78, 5) is 19.1. The molecule has 2 aromatic heterocycles. The van der Waals surface area contributed by atoms with Crippen LogP contribution in [0.1, 0.15) is 54.5 Å². The number of aromatic nitrogens is 3. The van der Waals surface area contributed by atoms with Crippen molar-refractivity contribution in [2.75, 3.05) is 6.61 Å². The van der Waals surface area contributed by atoms with Gasteiger partial charge in [0.2, 0.25) is 0 Å². The second-order valence-corrected chi connectivity index (χ2v) is 16.9. The number of hydrogen-bond acceptors (Lipinski definition) is 5. The molecule has 1 aliphatic rings. The molecule has 28 heavy (non-hydrogen) atoms. The number of rotatable bonds is 8. The fourth-order valence-electron chi connectivity index (χ4n) is 3.25. The quantitative estimate of drug-likeness (QED) is 0.325. The highest BCUT2D eigenvalue weighted by atomic mass is 32.1. The van der Waals surface area contributed by atoms with E-state index >= 15 is 0 Å². The van der Waals surface area contributed by atoms with Crippen LogP contribution >= 0.6 is 11.3 Å². The van der Waals surface area contributed by atoms with Gasteiger partial charge in [-0.2, -0.15) is 5.10 Å². The zero-order valence-electron chi connectivity index (χ0n) is 18.1. The largest absolute Gasteiger partial charge is 0.360 e. The van der Waals surface area contributed by atoms with Crippen LogP contribution in [0.25, 0.3) is 10.7 Å². The molecule has 2 aromatic rings. The number of hydrogen-bond donors (Lipinski definition) is 0. The Labute approximate surface area is 173 Å². The molecule has 0 amide bonds. The zero-order chi connectivity index (χ0) is 20.5. The molecule has 0 saturated heterocycles. The van der Waals surface area contributed by atoms with Crippen LogP contribution in [0.4, 0.5) is 0 Å². The summed E-state index contributed by atoms with van der Waals surface area (Å²) in [6.45, 7) is 14.4. The van der Waals surface area contributed by atoms with Crippen LogP contribution in [0, 0.1) is 5.41 Å².